The third kappa shape index (κ3) is 2.74. The summed E-state index contributed by atoms with van der Waals surface area (Å²) in [7, 11) is 0. The van der Waals surface area contributed by atoms with Crippen LogP contribution in [0.2, 0.25) is 5.02 Å². The fraction of sp³-hybridized carbons (Fsp3) is 0.200. The molecule has 2 nitrogen and oxygen atoms in total. The lowest BCUT2D eigenvalue weighted by atomic mass is 10.1. The van der Waals surface area contributed by atoms with Crippen LogP contribution < -0.4 is 0 Å². The Morgan fingerprint density at radius 3 is 2.69 bits per heavy atom. The smallest absolute Gasteiger partial charge is 0.104 e. The van der Waals surface area contributed by atoms with E-state index in [1.807, 2.05) is 0 Å². The molecule has 68 valence electrons. The highest BCUT2D eigenvalue weighted by Gasteiger charge is 1.98. The third-order valence-corrected chi connectivity index (χ3v) is 1.77. The summed E-state index contributed by atoms with van der Waals surface area (Å²) in [6, 6.07) is 5.07. The van der Waals surface area contributed by atoms with Crippen LogP contribution in [0, 0.1) is 11.8 Å². The van der Waals surface area contributed by atoms with Gasteiger partial charge in [0, 0.05) is 10.6 Å². The standard InChI is InChI=1S/C10H9ClO2/c11-10-4-3-8(2-1-5-12)9(6-10)7-13/h3-4,6,12-13H,5,7H2. The van der Waals surface area contributed by atoms with Crippen LogP contribution in [-0.2, 0) is 6.61 Å². The molecule has 0 amide bonds. The van der Waals surface area contributed by atoms with E-state index >= 15 is 0 Å². The molecule has 13 heavy (non-hydrogen) atoms. The lowest BCUT2D eigenvalue weighted by Crippen LogP contribution is -1.89. The van der Waals surface area contributed by atoms with Crippen molar-refractivity contribution in [1.29, 1.82) is 0 Å². The van der Waals surface area contributed by atoms with Crippen molar-refractivity contribution in [1.82, 2.24) is 0 Å². The lowest BCUT2D eigenvalue weighted by molar-refractivity contribution is 0.281. The first-order chi connectivity index (χ1) is 6.27. The monoisotopic (exact) mass is 196 g/mol. The molecule has 0 spiro atoms. The molecule has 2 N–H and O–H groups in total. The predicted molar refractivity (Wildman–Crippen MR) is 51.3 cm³/mol. The quantitative estimate of drug-likeness (QED) is 0.663. The van der Waals surface area contributed by atoms with Crippen LogP contribution in [0.3, 0.4) is 0 Å². The van der Waals surface area contributed by atoms with Crippen LogP contribution in [0.4, 0.5) is 0 Å². The van der Waals surface area contributed by atoms with Gasteiger partial charge < -0.3 is 10.2 Å². The maximum absolute atomic E-state index is 8.95. The van der Waals surface area contributed by atoms with E-state index < -0.39 is 0 Å². The van der Waals surface area contributed by atoms with E-state index in [4.69, 9.17) is 21.8 Å². The average Bonchev–Trinajstić information content (AvgIpc) is 2.16. The normalized spacial score (nSPS) is 9.15. The van der Waals surface area contributed by atoms with Gasteiger partial charge in [-0.25, -0.2) is 0 Å². The van der Waals surface area contributed by atoms with Crippen LogP contribution in [0.5, 0.6) is 0 Å². The second-order valence-corrected chi connectivity index (χ2v) is 2.86. The first-order valence-corrected chi connectivity index (χ1v) is 4.14. The Balaban J connectivity index is 3.06. The van der Waals surface area contributed by atoms with E-state index in [0.717, 1.165) is 0 Å². The lowest BCUT2D eigenvalue weighted by Gasteiger charge is -2.00. The zero-order valence-corrected chi connectivity index (χ0v) is 7.67. The Kier molecular flexibility index (Phi) is 3.78. The molecular formula is C10H9ClO2. The summed E-state index contributed by atoms with van der Waals surface area (Å²) in [5.41, 5.74) is 1.37. The molecule has 1 aromatic rings. The minimum Gasteiger partial charge on any atom is -0.392 e. The van der Waals surface area contributed by atoms with E-state index in [9.17, 15) is 0 Å². The maximum Gasteiger partial charge on any atom is 0.104 e. The van der Waals surface area contributed by atoms with Crippen LogP contribution in [-0.4, -0.2) is 16.8 Å². The predicted octanol–water partition coefficient (Wildman–Crippen LogP) is 1.18. The zero-order chi connectivity index (χ0) is 9.68. The van der Waals surface area contributed by atoms with Crippen LogP contribution in [0.15, 0.2) is 18.2 Å². The van der Waals surface area contributed by atoms with Crippen molar-refractivity contribution in [2.45, 2.75) is 6.61 Å². The Labute approximate surface area is 81.8 Å². The third-order valence-electron chi connectivity index (χ3n) is 1.54. The summed E-state index contributed by atoms with van der Waals surface area (Å²) in [6.45, 7) is -0.288. The molecular weight excluding hydrogens is 188 g/mol. The number of rotatable bonds is 1. The number of aliphatic hydroxyl groups is 2. The van der Waals surface area contributed by atoms with Crippen LogP contribution in [0.1, 0.15) is 11.1 Å². The Morgan fingerprint density at radius 2 is 2.08 bits per heavy atom. The van der Waals surface area contributed by atoms with Crippen LogP contribution >= 0.6 is 11.6 Å². The Morgan fingerprint density at radius 1 is 1.31 bits per heavy atom. The van der Waals surface area contributed by atoms with Gasteiger partial charge in [0.1, 0.15) is 6.61 Å². The minimum absolute atomic E-state index is 0.101. The highest BCUT2D eigenvalue weighted by atomic mass is 35.5. The van der Waals surface area contributed by atoms with Gasteiger partial charge in [0.15, 0.2) is 0 Å². The second kappa shape index (κ2) is 4.88. The van der Waals surface area contributed by atoms with E-state index in [1.165, 1.54) is 0 Å². The van der Waals surface area contributed by atoms with Gasteiger partial charge in [-0.15, -0.1) is 0 Å². The molecule has 0 aliphatic heterocycles. The van der Waals surface area contributed by atoms with Gasteiger partial charge in [0.05, 0.1) is 6.61 Å². The zero-order valence-electron chi connectivity index (χ0n) is 6.92. The molecule has 0 fully saturated rings. The maximum atomic E-state index is 8.95. The van der Waals surface area contributed by atoms with Gasteiger partial charge in [-0.3, -0.25) is 0 Å². The van der Waals surface area contributed by atoms with Gasteiger partial charge >= 0.3 is 0 Å². The molecule has 0 atom stereocenters. The summed E-state index contributed by atoms with van der Waals surface area (Å²) in [4.78, 5) is 0. The minimum atomic E-state index is -0.187. The van der Waals surface area contributed by atoms with Gasteiger partial charge in [0.25, 0.3) is 0 Å². The van der Waals surface area contributed by atoms with Crippen molar-refractivity contribution in [2.75, 3.05) is 6.61 Å². The van der Waals surface area contributed by atoms with Crippen molar-refractivity contribution < 1.29 is 10.2 Å². The van der Waals surface area contributed by atoms with Gasteiger partial charge in [-0.1, -0.05) is 23.4 Å². The molecule has 1 aromatic carbocycles. The molecule has 0 heterocycles. The van der Waals surface area contributed by atoms with E-state index in [2.05, 4.69) is 11.8 Å². The summed E-state index contributed by atoms with van der Waals surface area (Å²) in [5.74, 6) is 5.23. The molecule has 0 bridgehead atoms. The molecule has 0 radical (unpaired) electrons. The molecule has 1 rings (SSSR count). The first-order valence-electron chi connectivity index (χ1n) is 3.77. The van der Waals surface area contributed by atoms with E-state index in [0.29, 0.717) is 16.1 Å². The number of halogens is 1. The van der Waals surface area contributed by atoms with Crippen molar-refractivity contribution in [2.24, 2.45) is 0 Å². The van der Waals surface area contributed by atoms with E-state index in [1.54, 1.807) is 18.2 Å². The molecule has 3 heteroatoms. The van der Waals surface area contributed by atoms with Crippen molar-refractivity contribution >= 4 is 11.6 Å². The molecule has 0 aliphatic rings. The molecule has 0 aliphatic carbocycles. The van der Waals surface area contributed by atoms with Gasteiger partial charge in [-0.2, -0.15) is 0 Å². The number of hydrogen-bond donors (Lipinski definition) is 2. The summed E-state index contributed by atoms with van der Waals surface area (Å²) in [6.07, 6.45) is 0. The van der Waals surface area contributed by atoms with Crippen molar-refractivity contribution in [3.05, 3.63) is 34.3 Å². The largest absolute Gasteiger partial charge is 0.392 e. The topological polar surface area (TPSA) is 40.5 Å². The summed E-state index contributed by atoms with van der Waals surface area (Å²) in [5, 5.41) is 18.0. The first kappa shape index (κ1) is 10.1. The van der Waals surface area contributed by atoms with E-state index in [-0.39, 0.29) is 13.2 Å². The summed E-state index contributed by atoms with van der Waals surface area (Å²) >= 11 is 5.72. The highest BCUT2D eigenvalue weighted by Crippen LogP contribution is 2.15. The molecule has 0 aromatic heterocycles. The van der Waals surface area contributed by atoms with Gasteiger partial charge in [-0.05, 0) is 23.8 Å². The number of benzene rings is 1. The highest BCUT2D eigenvalue weighted by molar-refractivity contribution is 6.30. The van der Waals surface area contributed by atoms with Gasteiger partial charge in [0.2, 0.25) is 0 Å². The Hall–Kier alpha value is -1.01. The van der Waals surface area contributed by atoms with Crippen molar-refractivity contribution in [3.8, 4) is 11.8 Å². The average molecular weight is 197 g/mol. The SMILES string of the molecule is OCC#Cc1ccc(Cl)cc1CO. The number of aliphatic hydroxyl groups excluding tert-OH is 2. The summed E-state index contributed by atoms with van der Waals surface area (Å²) < 4.78 is 0. The van der Waals surface area contributed by atoms with Crippen molar-refractivity contribution in [3.63, 3.8) is 0 Å². The fourth-order valence-electron chi connectivity index (χ4n) is 0.950. The second-order valence-electron chi connectivity index (χ2n) is 2.42. The van der Waals surface area contributed by atoms with Crippen LogP contribution in [0.25, 0.3) is 0 Å². The molecule has 0 saturated carbocycles. The number of hydrogen-bond acceptors (Lipinski definition) is 2. The fourth-order valence-corrected chi connectivity index (χ4v) is 1.14. The molecule has 0 unspecified atom stereocenters. The Bertz CT molecular complexity index is 350. The molecule has 0 saturated heterocycles.